The Bertz CT molecular complexity index is 1900. The van der Waals surface area contributed by atoms with Gasteiger partial charge in [-0.15, -0.1) is 0 Å². The highest BCUT2D eigenvalue weighted by Gasteiger charge is 2.37. The van der Waals surface area contributed by atoms with E-state index in [9.17, 15) is 29.7 Å². The predicted octanol–water partition coefficient (Wildman–Crippen LogP) is 2.43. The Hall–Kier alpha value is -4.66. The number of alkyl carbamates (subject to hydrolysis) is 1. The van der Waals surface area contributed by atoms with E-state index in [0.29, 0.717) is 122 Å². The number of hydrogen-bond donors (Lipinski definition) is 6. The first-order valence-corrected chi connectivity index (χ1v) is 23.2. The fourth-order valence-electron chi connectivity index (χ4n) is 6.18. The number of amides is 2. The number of ether oxygens (including phenoxy) is 12. The van der Waals surface area contributed by atoms with E-state index in [4.69, 9.17) is 61.9 Å². The van der Waals surface area contributed by atoms with Crippen LogP contribution >= 0.6 is 0 Å². The Morgan fingerprint density at radius 1 is 0.743 bits per heavy atom. The molecule has 1 aliphatic heterocycles. The van der Waals surface area contributed by atoms with E-state index in [-0.39, 0.29) is 55.7 Å². The van der Waals surface area contributed by atoms with E-state index in [1.807, 2.05) is 18.2 Å². The Morgan fingerprint density at radius 2 is 1.29 bits per heavy atom. The summed E-state index contributed by atoms with van der Waals surface area (Å²) < 4.78 is 66.8. The smallest absolute Gasteiger partial charge is 0.407 e. The van der Waals surface area contributed by atoms with Gasteiger partial charge in [0.15, 0.2) is 6.29 Å². The van der Waals surface area contributed by atoms with Gasteiger partial charge < -0.3 is 87.9 Å². The average molecular weight is 996 g/mol. The monoisotopic (exact) mass is 995 g/mol. The minimum absolute atomic E-state index is 0.0129. The molecule has 394 valence electrons. The van der Waals surface area contributed by atoms with Crippen LogP contribution in [-0.4, -0.2) is 200 Å². The maximum Gasteiger partial charge on any atom is 0.407 e. The van der Waals surface area contributed by atoms with Crippen molar-refractivity contribution in [2.75, 3.05) is 131 Å². The standard InChI is InChI=1S/C47H69N3O18.CH4O/c1-47(2,3)68-46(56)48-11-13-58-15-17-60-19-21-62-23-25-64-27-26-63-24-22-61-20-18-59-16-14-57-12-10-43(54)50-37-28-34(8-9-40(37)66-44-30-39(53)45(55)42(32-52)67-44)33-65-41-29-35-6-4-5-7-36(35)49-38(41)31-51;1-2/h4-9,28-29,31,39,42,44-45,52-53,55H,10-27,30,32-33H2,1-3H3,(H,48,56)(H,50,54);2H,1H3. The zero-order chi connectivity index (χ0) is 50.8. The van der Waals surface area contributed by atoms with Crippen LogP contribution in [0.5, 0.6) is 11.5 Å². The third kappa shape index (κ3) is 24.9. The van der Waals surface area contributed by atoms with Gasteiger partial charge in [-0.3, -0.25) is 9.59 Å². The summed E-state index contributed by atoms with van der Waals surface area (Å²) in [4.78, 5) is 40.8. The highest BCUT2D eigenvalue weighted by atomic mass is 16.7. The van der Waals surface area contributed by atoms with Crippen molar-refractivity contribution >= 4 is 34.9 Å². The molecule has 3 aromatic rings. The van der Waals surface area contributed by atoms with Crippen LogP contribution in [0.4, 0.5) is 10.5 Å². The minimum Gasteiger partial charge on any atom is -0.486 e. The molecule has 1 fully saturated rings. The van der Waals surface area contributed by atoms with E-state index in [0.717, 1.165) is 12.5 Å². The number of para-hydroxylation sites is 1. The second kappa shape index (κ2) is 35.4. The van der Waals surface area contributed by atoms with Crippen molar-refractivity contribution in [3.63, 3.8) is 0 Å². The maximum atomic E-state index is 13.1. The lowest BCUT2D eigenvalue weighted by Gasteiger charge is -2.36. The first-order chi connectivity index (χ1) is 34.0. The van der Waals surface area contributed by atoms with Crippen LogP contribution in [0.2, 0.25) is 0 Å². The highest BCUT2D eigenvalue weighted by Crippen LogP contribution is 2.31. The summed E-state index contributed by atoms with van der Waals surface area (Å²) in [6.45, 7) is 11.3. The number of nitrogens with zero attached hydrogens (tertiary/aromatic N) is 1. The molecule has 2 heterocycles. The molecule has 6 N–H and O–H groups in total. The minimum atomic E-state index is -1.28. The second-order valence-corrected chi connectivity index (χ2v) is 16.1. The molecular weight excluding hydrogens is 923 g/mol. The van der Waals surface area contributed by atoms with Crippen LogP contribution in [0.3, 0.4) is 0 Å². The average Bonchev–Trinajstić information content (AvgIpc) is 3.34. The molecule has 2 amide bonds. The number of aliphatic hydroxyl groups excluding tert-OH is 4. The van der Waals surface area contributed by atoms with E-state index in [1.165, 1.54) is 0 Å². The molecule has 2 aromatic carbocycles. The Balaban J connectivity index is 0.00000639. The van der Waals surface area contributed by atoms with Crippen LogP contribution in [-0.2, 0) is 58.8 Å². The number of aliphatic hydroxyl groups is 4. The zero-order valence-corrected chi connectivity index (χ0v) is 40.7. The number of hydrogen-bond acceptors (Lipinski definition) is 20. The number of rotatable bonds is 35. The largest absolute Gasteiger partial charge is 0.486 e. The van der Waals surface area contributed by atoms with Crippen molar-refractivity contribution in [2.45, 2.75) is 70.4 Å². The van der Waals surface area contributed by atoms with Crippen molar-refractivity contribution in [1.82, 2.24) is 10.3 Å². The summed E-state index contributed by atoms with van der Waals surface area (Å²) in [7, 11) is 1.00. The molecule has 70 heavy (non-hydrogen) atoms. The van der Waals surface area contributed by atoms with E-state index >= 15 is 0 Å². The molecule has 0 bridgehead atoms. The first kappa shape index (κ1) is 59.6. The van der Waals surface area contributed by atoms with Crippen molar-refractivity contribution in [1.29, 1.82) is 0 Å². The number of aromatic nitrogens is 1. The van der Waals surface area contributed by atoms with Gasteiger partial charge >= 0.3 is 6.09 Å². The van der Waals surface area contributed by atoms with Crippen molar-refractivity contribution < 1.29 is 91.7 Å². The summed E-state index contributed by atoms with van der Waals surface area (Å²) in [5.74, 6) is 0.135. The fourth-order valence-corrected chi connectivity index (χ4v) is 6.18. The maximum absolute atomic E-state index is 13.1. The Kier molecular flexibility index (Phi) is 30.2. The van der Waals surface area contributed by atoms with Gasteiger partial charge in [0, 0.05) is 25.5 Å². The number of pyridine rings is 1. The lowest BCUT2D eigenvalue weighted by atomic mass is 10.0. The summed E-state index contributed by atoms with van der Waals surface area (Å²) in [5, 5.41) is 43.3. The number of carbonyl (C=O) groups is 3. The molecule has 1 aromatic heterocycles. The highest BCUT2D eigenvalue weighted by molar-refractivity contribution is 5.92. The number of fused-ring (bicyclic) bond motifs is 1. The van der Waals surface area contributed by atoms with E-state index in [2.05, 4.69) is 15.6 Å². The first-order valence-electron chi connectivity index (χ1n) is 23.2. The molecule has 22 heteroatoms. The molecular formula is C48H73N3O19. The lowest BCUT2D eigenvalue weighted by Crippen LogP contribution is -2.51. The summed E-state index contributed by atoms with van der Waals surface area (Å²) in [6, 6.07) is 14.0. The van der Waals surface area contributed by atoms with Gasteiger partial charge in [0.25, 0.3) is 0 Å². The Morgan fingerprint density at radius 3 is 1.83 bits per heavy atom. The van der Waals surface area contributed by atoms with Gasteiger partial charge in [0.1, 0.15) is 41.6 Å². The Labute approximate surface area is 409 Å². The second-order valence-electron chi connectivity index (χ2n) is 16.1. The summed E-state index contributed by atoms with van der Waals surface area (Å²) in [5.41, 5.74) is 1.17. The summed E-state index contributed by atoms with van der Waals surface area (Å²) >= 11 is 0. The number of aldehydes is 1. The summed E-state index contributed by atoms with van der Waals surface area (Å²) in [6.07, 6.45) is -4.48. The molecule has 0 radical (unpaired) electrons. The van der Waals surface area contributed by atoms with Crippen molar-refractivity contribution in [2.24, 2.45) is 0 Å². The third-order valence-electron chi connectivity index (χ3n) is 9.51. The van der Waals surface area contributed by atoms with Gasteiger partial charge in [0.2, 0.25) is 12.2 Å². The number of benzene rings is 2. The molecule has 0 aliphatic carbocycles. The normalized spacial score (nSPS) is 16.8. The number of nitrogens with one attached hydrogen (secondary N) is 2. The number of anilines is 1. The SMILES string of the molecule is CC(C)(C)OC(=O)NCCOCCOCCOCCOCCOCCOCCOCCOCCC(=O)Nc1cc(COc2cc3ccccc3nc2C=O)ccc1OC1CC(O)C(O)C(CO)O1.CO. The van der Waals surface area contributed by atoms with Gasteiger partial charge in [0.05, 0.1) is 136 Å². The van der Waals surface area contributed by atoms with Gasteiger partial charge in [-0.25, -0.2) is 9.78 Å². The van der Waals surface area contributed by atoms with Gasteiger partial charge in [-0.2, -0.15) is 0 Å². The molecule has 0 saturated carbocycles. The molecule has 4 atom stereocenters. The quantitative estimate of drug-likeness (QED) is 0.0365. The van der Waals surface area contributed by atoms with Crippen LogP contribution in [0.25, 0.3) is 10.9 Å². The van der Waals surface area contributed by atoms with E-state index < -0.39 is 42.9 Å². The molecule has 4 rings (SSSR count). The topological polar surface area (TPSA) is 280 Å². The van der Waals surface area contributed by atoms with E-state index in [1.54, 1.807) is 51.1 Å². The zero-order valence-electron chi connectivity index (χ0n) is 40.7. The van der Waals surface area contributed by atoms with Crippen LogP contribution in [0.1, 0.15) is 49.7 Å². The molecule has 4 unspecified atom stereocenters. The van der Waals surface area contributed by atoms with Crippen LogP contribution < -0.4 is 20.1 Å². The van der Waals surface area contributed by atoms with Gasteiger partial charge in [-0.05, 0) is 50.6 Å². The molecule has 0 spiro atoms. The van der Waals surface area contributed by atoms with Crippen molar-refractivity contribution in [3.8, 4) is 11.5 Å². The molecule has 22 nitrogen and oxygen atoms in total. The number of carbonyl (C=O) groups excluding carboxylic acids is 3. The van der Waals surface area contributed by atoms with Gasteiger partial charge in [-0.1, -0.05) is 24.3 Å². The third-order valence-corrected chi connectivity index (χ3v) is 9.51. The van der Waals surface area contributed by atoms with Crippen LogP contribution in [0.15, 0.2) is 48.5 Å². The fraction of sp³-hybridized carbons (Fsp3) is 0.625. The van der Waals surface area contributed by atoms with Crippen molar-refractivity contribution in [3.05, 3.63) is 59.8 Å². The lowest BCUT2D eigenvalue weighted by molar-refractivity contribution is -0.229. The predicted molar refractivity (Wildman–Crippen MR) is 253 cm³/mol. The van der Waals surface area contributed by atoms with Crippen LogP contribution in [0, 0.1) is 0 Å². The molecule has 1 saturated heterocycles. The molecule has 1 aliphatic rings.